The standard InChI is InChI=1S/C54H85N3O16P2/c1-3-5-7-9-11-13-15-17-18-19-20-21-22-24-26-28-30-32-34-38-50(60)71-46(42-68-49(59)39-35-37-45(58)36-33-31-29-27-25-23-16-14-12-10-8-6-4-2)43-69-74(64,65)73-75(66,67)70-44-47-51(61)52(62)53(72-47)57-41-40-48(55)56-54(57)63/h5,7,11,13,17-18,20-21,23-26,29,31,33,36,40-41,45-47,51-53,58,61-62H,3-4,6,8-10,12,14-16,19,22,27-28,30,32,34-35,37-39,42-44H2,1-2H3,(H,64,65)(H,66,67)(H2,55,56,63)/b7-5-,13-11-,18-17-,21-20-,25-23+,26-24-,31-29+,36-33+/t45?,46-,47-,51-,52-,53-/m1/s1. The number of unbranched alkanes of at least 4 members (excludes halogenated alkanes) is 9. The van der Waals surface area contributed by atoms with E-state index in [4.69, 9.17) is 29.0 Å². The van der Waals surface area contributed by atoms with Crippen LogP contribution in [-0.4, -0.2) is 96.9 Å². The lowest BCUT2D eigenvalue weighted by Gasteiger charge is -2.21. The third kappa shape index (κ3) is 33.4. The maximum atomic E-state index is 12.9. The summed E-state index contributed by atoms with van der Waals surface area (Å²) < 4.78 is 56.6. The van der Waals surface area contributed by atoms with E-state index < -0.39 is 89.8 Å². The molecule has 1 saturated heterocycles. The number of aromatic nitrogens is 2. The molecule has 1 aliphatic rings. The maximum absolute atomic E-state index is 12.9. The summed E-state index contributed by atoms with van der Waals surface area (Å²) in [6.07, 6.45) is 42.2. The molecular formula is C54H85N3O16P2. The number of esters is 2. The predicted octanol–water partition coefficient (Wildman–Crippen LogP) is 10.2. The number of ether oxygens (including phenoxy) is 3. The third-order valence-corrected chi connectivity index (χ3v) is 13.9. The van der Waals surface area contributed by atoms with Gasteiger partial charge in [-0.25, -0.2) is 13.9 Å². The lowest BCUT2D eigenvalue weighted by molar-refractivity contribution is -0.161. The number of nitrogens with two attached hydrogens (primary N) is 1. The van der Waals surface area contributed by atoms with Crippen LogP contribution in [0.3, 0.4) is 0 Å². The van der Waals surface area contributed by atoms with Crippen molar-refractivity contribution < 1.29 is 71.4 Å². The van der Waals surface area contributed by atoms with Gasteiger partial charge in [-0.3, -0.25) is 23.2 Å². The van der Waals surface area contributed by atoms with Gasteiger partial charge in [-0.2, -0.15) is 9.29 Å². The molecule has 422 valence electrons. The summed E-state index contributed by atoms with van der Waals surface area (Å²) in [6.45, 7) is 1.81. The fraction of sp³-hybridized carbons (Fsp3) is 0.593. The molecule has 19 nitrogen and oxygen atoms in total. The largest absolute Gasteiger partial charge is 0.481 e. The number of allylic oxidation sites excluding steroid dienone is 15. The Kier molecular flexibility index (Phi) is 36.3. The summed E-state index contributed by atoms with van der Waals surface area (Å²) >= 11 is 0. The van der Waals surface area contributed by atoms with Gasteiger partial charge >= 0.3 is 33.3 Å². The summed E-state index contributed by atoms with van der Waals surface area (Å²) in [6, 6.07) is 1.23. The number of carbonyl (C=O) groups excluding carboxylic acids is 2. The minimum absolute atomic E-state index is 0.0340. The van der Waals surface area contributed by atoms with E-state index in [-0.39, 0.29) is 31.5 Å². The third-order valence-electron chi connectivity index (χ3n) is 11.3. The van der Waals surface area contributed by atoms with E-state index in [2.05, 4.69) is 96.1 Å². The molecule has 0 bridgehead atoms. The van der Waals surface area contributed by atoms with Crippen LogP contribution in [0.15, 0.2) is 114 Å². The first-order valence-electron chi connectivity index (χ1n) is 26.4. The lowest BCUT2D eigenvalue weighted by Crippen LogP contribution is -2.36. The van der Waals surface area contributed by atoms with Crippen molar-refractivity contribution in [2.24, 2.45) is 0 Å². The minimum Gasteiger partial charge on any atom is -0.462 e. The average molecular weight is 1090 g/mol. The zero-order valence-corrected chi connectivity index (χ0v) is 45.7. The van der Waals surface area contributed by atoms with E-state index in [0.717, 1.165) is 68.6 Å². The second-order valence-corrected chi connectivity index (χ2v) is 20.9. The van der Waals surface area contributed by atoms with Crippen molar-refractivity contribution in [3.8, 4) is 0 Å². The molecule has 3 unspecified atom stereocenters. The van der Waals surface area contributed by atoms with Crippen molar-refractivity contribution in [1.29, 1.82) is 0 Å². The summed E-state index contributed by atoms with van der Waals surface area (Å²) in [4.78, 5) is 62.0. The van der Waals surface area contributed by atoms with E-state index in [1.165, 1.54) is 44.6 Å². The van der Waals surface area contributed by atoms with Crippen molar-refractivity contribution in [1.82, 2.24) is 9.55 Å². The molecule has 75 heavy (non-hydrogen) atoms. The Balaban J connectivity index is 1.86. The van der Waals surface area contributed by atoms with Crippen LogP contribution in [0, 0.1) is 0 Å². The van der Waals surface area contributed by atoms with Crippen LogP contribution in [0.2, 0.25) is 0 Å². The summed E-state index contributed by atoms with van der Waals surface area (Å²) in [7, 11) is -11.0. The normalized spacial score (nSPS) is 20.0. The second kappa shape index (κ2) is 40.8. The number of nitrogen functional groups attached to an aromatic ring is 1. The average Bonchev–Trinajstić information content (AvgIpc) is 3.64. The van der Waals surface area contributed by atoms with Crippen LogP contribution in [-0.2, 0) is 46.3 Å². The van der Waals surface area contributed by atoms with E-state index >= 15 is 0 Å². The number of rotatable bonds is 42. The monoisotopic (exact) mass is 1090 g/mol. The molecule has 1 fully saturated rings. The molecule has 8 atom stereocenters. The van der Waals surface area contributed by atoms with Crippen molar-refractivity contribution >= 4 is 33.4 Å². The smallest absolute Gasteiger partial charge is 0.462 e. The van der Waals surface area contributed by atoms with Crippen LogP contribution in [0.5, 0.6) is 0 Å². The molecule has 1 aromatic rings. The fourth-order valence-corrected chi connectivity index (χ4v) is 9.28. The molecule has 0 saturated carbocycles. The molecule has 0 aromatic carbocycles. The van der Waals surface area contributed by atoms with Gasteiger partial charge in [0, 0.05) is 19.0 Å². The maximum Gasteiger partial charge on any atom is 0.481 e. The van der Waals surface area contributed by atoms with Gasteiger partial charge < -0.3 is 45.1 Å². The first-order chi connectivity index (χ1) is 36.1. The molecule has 0 amide bonds. The molecule has 21 heteroatoms. The number of phosphoric ester groups is 2. The predicted molar refractivity (Wildman–Crippen MR) is 290 cm³/mol. The quantitative estimate of drug-likeness (QED) is 0.0117. The molecule has 0 aliphatic carbocycles. The van der Waals surface area contributed by atoms with Gasteiger partial charge in [-0.1, -0.05) is 150 Å². The topological polar surface area (TPSA) is 286 Å². The number of nitrogens with zero attached hydrogens (tertiary/aromatic N) is 2. The Morgan fingerprint density at radius 2 is 1.28 bits per heavy atom. The molecule has 2 heterocycles. The van der Waals surface area contributed by atoms with Crippen LogP contribution in [0.1, 0.15) is 155 Å². The highest BCUT2D eigenvalue weighted by Crippen LogP contribution is 2.60. The minimum atomic E-state index is -5.48. The Morgan fingerprint density at radius 3 is 1.91 bits per heavy atom. The zero-order valence-electron chi connectivity index (χ0n) is 43.9. The van der Waals surface area contributed by atoms with E-state index in [1.807, 2.05) is 12.2 Å². The molecular weight excluding hydrogens is 1010 g/mol. The number of hydrogen-bond donors (Lipinski definition) is 6. The van der Waals surface area contributed by atoms with Gasteiger partial charge in [0.15, 0.2) is 12.3 Å². The fourth-order valence-electron chi connectivity index (χ4n) is 7.17. The molecule has 1 aliphatic heterocycles. The summed E-state index contributed by atoms with van der Waals surface area (Å²) in [5.74, 6) is -1.55. The SMILES string of the molecule is CC/C=C\C/C=C\C/C=C\C/C=C\C/C=C\CCCCCC(=O)O[C@H](COC(=O)CCCC(O)/C=C/C=C/C/C=C/CCCCCCCC)COP(=O)(O)OP(=O)(O)OC[C@H]1O[C@@H](n2ccc(N)nc2=O)[C@H](O)[C@@H]1O. The van der Waals surface area contributed by atoms with Gasteiger partial charge in [0.2, 0.25) is 0 Å². The first kappa shape index (κ1) is 66.8. The van der Waals surface area contributed by atoms with E-state index in [0.29, 0.717) is 12.8 Å². The number of aliphatic hydroxyl groups is 3. The van der Waals surface area contributed by atoms with Gasteiger partial charge in [-0.15, -0.1) is 0 Å². The highest BCUT2D eigenvalue weighted by Gasteiger charge is 2.46. The van der Waals surface area contributed by atoms with E-state index in [9.17, 15) is 48.6 Å². The molecule has 0 spiro atoms. The summed E-state index contributed by atoms with van der Waals surface area (Å²) in [5.41, 5.74) is 4.57. The molecule has 2 rings (SSSR count). The number of aliphatic hydroxyl groups excluding tert-OH is 3. The highest BCUT2D eigenvalue weighted by atomic mass is 31.3. The van der Waals surface area contributed by atoms with Gasteiger partial charge in [0.1, 0.15) is 30.7 Å². The van der Waals surface area contributed by atoms with Crippen molar-refractivity contribution in [2.45, 2.75) is 185 Å². The number of phosphoric acid groups is 2. The Labute approximate surface area is 443 Å². The number of anilines is 1. The molecule has 1 aromatic heterocycles. The zero-order chi connectivity index (χ0) is 55.0. The molecule has 7 N–H and O–H groups in total. The van der Waals surface area contributed by atoms with Crippen molar-refractivity contribution in [3.05, 3.63) is 120 Å². The van der Waals surface area contributed by atoms with Gasteiger partial charge in [0.25, 0.3) is 0 Å². The number of carbonyl (C=O) groups is 2. The van der Waals surface area contributed by atoms with Crippen molar-refractivity contribution in [2.75, 3.05) is 25.6 Å². The Bertz CT molecular complexity index is 2150. The van der Waals surface area contributed by atoms with Gasteiger partial charge in [0.05, 0.1) is 19.3 Å². The Hall–Kier alpha value is -4.36. The van der Waals surface area contributed by atoms with Crippen LogP contribution < -0.4 is 11.4 Å². The van der Waals surface area contributed by atoms with Crippen molar-refractivity contribution in [3.63, 3.8) is 0 Å². The number of hydrogen-bond acceptors (Lipinski definition) is 16. The van der Waals surface area contributed by atoms with Crippen LogP contribution in [0.4, 0.5) is 5.82 Å². The first-order valence-corrected chi connectivity index (χ1v) is 29.3. The van der Waals surface area contributed by atoms with Crippen LogP contribution in [0.25, 0.3) is 0 Å². The Morgan fingerprint density at radius 1 is 0.720 bits per heavy atom. The second-order valence-electron chi connectivity index (χ2n) is 17.8. The summed E-state index contributed by atoms with van der Waals surface area (Å²) in [5, 5.41) is 31.3. The van der Waals surface area contributed by atoms with Gasteiger partial charge in [-0.05, 0) is 89.5 Å². The lowest BCUT2D eigenvalue weighted by atomic mass is 10.1. The molecule has 0 radical (unpaired) electrons. The van der Waals surface area contributed by atoms with Crippen LogP contribution >= 0.6 is 15.6 Å². The van der Waals surface area contributed by atoms with E-state index in [1.54, 1.807) is 12.2 Å². The highest BCUT2D eigenvalue weighted by molar-refractivity contribution is 7.61.